The van der Waals surface area contributed by atoms with Crippen molar-refractivity contribution in [3.8, 4) is 0 Å². The lowest BCUT2D eigenvalue weighted by molar-refractivity contribution is 0.442. The van der Waals surface area contributed by atoms with Crippen LogP contribution in [0.15, 0.2) is 24.8 Å². The van der Waals surface area contributed by atoms with E-state index in [1.165, 1.54) is 6.42 Å². The summed E-state index contributed by atoms with van der Waals surface area (Å²) < 4.78 is 0. The number of rotatable bonds is 4. The van der Waals surface area contributed by atoms with Gasteiger partial charge in [-0.1, -0.05) is 32.1 Å². The fraction of sp³-hybridized carbons (Fsp3) is 0.600. The first-order valence-electron chi connectivity index (χ1n) is 3.87. The molecule has 0 saturated carbocycles. The Labute approximate surface area is 64.6 Å². The van der Waals surface area contributed by atoms with Crippen molar-refractivity contribution in [3.05, 3.63) is 24.8 Å². The number of hydrogen-bond donors (Lipinski definition) is 0. The largest absolute Gasteiger partial charge is 0.103 e. The maximum atomic E-state index is 3.70. The number of hydrogen-bond acceptors (Lipinski definition) is 0. The summed E-state index contributed by atoms with van der Waals surface area (Å²) in [6.45, 7) is 10.3. The van der Waals surface area contributed by atoms with Crippen molar-refractivity contribution in [2.45, 2.75) is 33.6 Å². The van der Waals surface area contributed by atoms with Crippen LogP contribution < -0.4 is 0 Å². The van der Waals surface area contributed by atoms with Crippen LogP contribution >= 0.6 is 0 Å². The summed E-state index contributed by atoms with van der Waals surface area (Å²) >= 11 is 0. The Bertz CT molecular complexity index is 118. The lowest BCUT2D eigenvalue weighted by atomic mass is 9.87. The van der Waals surface area contributed by atoms with Gasteiger partial charge in [-0.25, -0.2) is 0 Å². The normalized spacial score (nSPS) is 12.3. The van der Waals surface area contributed by atoms with Crippen LogP contribution in [-0.4, -0.2) is 0 Å². The molecule has 0 heteroatoms. The van der Waals surface area contributed by atoms with E-state index in [2.05, 4.69) is 39.5 Å². The highest BCUT2D eigenvalue weighted by atomic mass is 14.2. The molecular formula is C10H18. The van der Waals surface area contributed by atoms with Crippen LogP contribution in [0.5, 0.6) is 0 Å². The topological polar surface area (TPSA) is 0 Å². The van der Waals surface area contributed by atoms with Crippen molar-refractivity contribution in [2.75, 3.05) is 0 Å². The molecule has 0 aromatic carbocycles. The average molecular weight is 138 g/mol. The van der Waals surface area contributed by atoms with Crippen LogP contribution in [0.25, 0.3) is 0 Å². The van der Waals surface area contributed by atoms with Gasteiger partial charge in [0.2, 0.25) is 0 Å². The summed E-state index contributed by atoms with van der Waals surface area (Å²) in [5, 5.41) is 0. The lowest BCUT2D eigenvalue weighted by Crippen LogP contribution is -2.05. The Morgan fingerprint density at radius 2 is 2.00 bits per heavy atom. The molecule has 0 heterocycles. The molecule has 0 unspecified atom stereocenters. The van der Waals surface area contributed by atoms with Crippen LogP contribution in [0.2, 0.25) is 0 Å². The molecule has 0 aliphatic carbocycles. The lowest BCUT2D eigenvalue weighted by Gasteiger charge is -2.18. The van der Waals surface area contributed by atoms with Gasteiger partial charge in [0.25, 0.3) is 0 Å². The van der Waals surface area contributed by atoms with E-state index < -0.39 is 0 Å². The third kappa shape index (κ3) is 4.37. The molecule has 0 bridgehead atoms. The Morgan fingerprint density at radius 3 is 2.40 bits per heavy atom. The maximum absolute atomic E-state index is 3.70. The molecule has 58 valence electrons. The molecule has 0 aliphatic heterocycles. The quantitative estimate of drug-likeness (QED) is 0.521. The Morgan fingerprint density at radius 1 is 1.40 bits per heavy atom. The molecule has 10 heavy (non-hydrogen) atoms. The van der Waals surface area contributed by atoms with Crippen LogP contribution in [0.1, 0.15) is 33.6 Å². The molecule has 0 nitrogen and oxygen atoms in total. The van der Waals surface area contributed by atoms with Crippen molar-refractivity contribution in [1.82, 2.24) is 0 Å². The van der Waals surface area contributed by atoms with Gasteiger partial charge in [0.15, 0.2) is 0 Å². The molecule has 0 aromatic heterocycles. The second-order valence-electron chi connectivity index (χ2n) is 3.32. The molecule has 0 spiro atoms. The average Bonchev–Trinajstić information content (AvgIpc) is 1.84. The molecular weight excluding hydrogens is 120 g/mol. The SMILES string of the molecule is C=CCCC(C)(C)/C=C/C. The zero-order chi connectivity index (χ0) is 8.04. The van der Waals surface area contributed by atoms with Crippen LogP contribution in [-0.2, 0) is 0 Å². The van der Waals surface area contributed by atoms with E-state index in [0.717, 1.165) is 6.42 Å². The predicted molar refractivity (Wildman–Crippen MR) is 48.0 cm³/mol. The van der Waals surface area contributed by atoms with E-state index in [-0.39, 0.29) is 0 Å². The van der Waals surface area contributed by atoms with Crippen molar-refractivity contribution in [1.29, 1.82) is 0 Å². The Balaban J connectivity index is 3.73. The van der Waals surface area contributed by atoms with Gasteiger partial charge in [0, 0.05) is 0 Å². The zero-order valence-electron chi connectivity index (χ0n) is 7.35. The van der Waals surface area contributed by atoms with Crippen molar-refractivity contribution < 1.29 is 0 Å². The van der Waals surface area contributed by atoms with Gasteiger partial charge in [-0.3, -0.25) is 0 Å². The molecule has 0 rings (SSSR count). The van der Waals surface area contributed by atoms with Crippen molar-refractivity contribution >= 4 is 0 Å². The predicted octanol–water partition coefficient (Wildman–Crippen LogP) is 3.55. The summed E-state index contributed by atoms with van der Waals surface area (Å²) in [7, 11) is 0. The summed E-state index contributed by atoms with van der Waals surface area (Å²) in [5.41, 5.74) is 0.350. The summed E-state index contributed by atoms with van der Waals surface area (Å²) in [5.74, 6) is 0. The van der Waals surface area contributed by atoms with Gasteiger partial charge >= 0.3 is 0 Å². The van der Waals surface area contributed by atoms with Gasteiger partial charge in [-0.15, -0.1) is 6.58 Å². The second-order valence-corrected chi connectivity index (χ2v) is 3.32. The highest BCUT2D eigenvalue weighted by molar-refractivity contribution is 4.93. The molecule has 0 radical (unpaired) electrons. The summed E-state index contributed by atoms with van der Waals surface area (Å²) in [6, 6.07) is 0. The van der Waals surface area contributed by atoms with E-state index in [4.69, 9.17) is 0 Å². The Hall–Kier alpha value is -0.520. The van der Waals surface area contributed by atoms with E-state index in [1.54, 1.807) is 0 Å². The van der Waals surface area contributed by atoms with Gasteiger partial charge in [0.1, 0.15) is 0 Å². The van der Waals surface area contributed by atoms with Crippen LogP contribution in [0.3, 0.4) is 0 Å². The Kier molecular flexibility index (Phi) is 4.10. The van der Waals surface area contributed by atoms with Crippen LogP contribution in [0, 0.1) is 5.41 Å². The fourth-order valence-electron chi connectivity index (χ4n) is 1.01. The minimum atomic E-state index is 0.350. The van der Waals surface area contributed by atoms with Gasteiger partial charge < -0.3 is 0 Å². The summed E-state index contributed by atoms with van der Waals surface area (Å²) in [6.07, 6.45) is 8.64. The van der Waals surface area contributed by atoms with E-state index >= 15 is 0 Å². The van der Waals surface area contributed by atoms with Gasteiger partial charge in [-0.05, 0) is 25.2 Å². The number of allylic oxidation sites excluding steroid dienone is 3. The minimum Gasteiger partial charge on any atom is -0.103 e. The third-order valence-corrected chi connectivity index (χ3v) is 1.61. The third-order valence-electron chi connectivity index (χ3n) is 1.61. The van der Waals surface area contributed by atoms with E-state index in [1.807, 2.05) is 6.08 Å². The van der Waals surface area contributed by atoms with Crippen LogP contribution in [0.4, 0.5) is 0 Å². The zero-order valence-corrected chi connectivity index (χ0v) is 7.35. The molecule has 0 aliphatic rings. The first-order valence-corrected chi connectivity index (χ1v) is 3.87. The first-order chi connectivity index (χ1) is 4.62. The van der Waals surface area contributed by atoms with Crippen molar-refractivity contribution in [3.63, 3.8) is 0 Å². The first kappa shape index (κ1) is 9.48. The highest BCUT2D eigenvalue weighted by Gasteiger charge is 2.10. The molecule has 0 N–H and O–H groups in total. The molecule has 0 saturated heterocycles. The highest BCUT2D eigenvalue weighted by Crippen LogP contribution is 2.23. The van der Waals surface area contributed by atoms with E-state index in [0.29, 0.717) is 5.41 Å². The molecule has 0 aromatic rings. The fourth-order valence-corrected chi connectivity index (χ4v) is 1.01. The summed E-state index contributed by atoms with van der Waals surface area (Å²) in [4.78, 5) is 0. The standard InChI is InChI=1S/C10H18/c1-5-7-9-10(3,4)8-6-2/h5-6,8H,1,7,9H2,2-4H3/b8-6+. The monoisotopic (exact) mass is 138 g/mol. The molecule has 0 fully saturated rings. The van der Waals surface area contributed by atoms with E-state index in [9.17, 15) is 0 Å². The molecule has 0 atom stereocenters. The smallest absolute Gasteiger partial charge is 0.0172 e. The van der Waals surface area contributed by atoms with Gasteiger partial charge in [-0.2, -0.15) is 0 Å². The van der Waals surface area contributed by atoms with Gasteiger partial charge in [0.05, 0.1) is 0 Å². The second kappa shape index (κ2) is 4.32. The van der Waals surface area contributed by atoms with Crippen molar-refractivity contribution in [2.24, 2.45) is 5.41 Å². The minimum absolute atomic E-state index is 0.350. The maximum Gasteiger partial charge on any atom is -0.0172 e. The molecule has 0 amide bonds.